The van der Waals surface area contributed by atoms with Gasteiger partial charge in [-0.15, -0.1) is 0 Å². The predicted molar refractivity (Wildman–Crippen MR) is 114 cm³/mol. The average molecular weight is 352 g/mol. The third-order valence-corrected chi connectivity index (χ3v) is 6.39. The Labute approximate surface area is 160 Å². The predicted octanol–water partition coefficient (Wildman–Crippen LogP) is 7.98. The van der Waals surface area contributed by atoms with Gasteiger partial charge in [-0.1, -0.05) is 104 Å². The highest BCUT2D eigenvalue weighted by Crippen LogP contribution is 2.27. The molecule has 1 fully saturated rings. The summed E-state index contributed by atoms with van der Waals surface area (Å²) in [5, 5.41) is 0. The van der Waals surface area contributed by atoms with Crippen molar-refractivity contribution in [1.82, 2.24) is 4.90 Å². The Morgan fingerprint density at radius 2 is 1.28 bits per heavy atom. The van der Waals surface area contributed by atoms with E-state index >= 15 is 0 Å². The molecule has 1 rings (SSSR count). The van der Waals surface area contributed by atoms with Crippen LogP contribution in [0.4, 0.5) is 0 Å². The maximum Gasteiger partial charge on any atom is 0.00953 e. The molecule has 0 aromatic carbocycles. The van der Waals surface area contributed by atoms with E-state index in [9.17, 15) is 0 Å². The Morgan fingerprint density at radius 1 is 0.720 bits per heavy atom. The zero-order valence-corrected chi connectivity index (χ0v) is 18.0. The van der Waals surface area contributed by atoms with Gasteiger partial charge in [-0.25, -0.2) is 0 Å². The van der Waals surface area contributed by atoms with Gasteiger partial charge >= 0.3 is 0 Å². The maximum absolute atomic E-state index is 2.83. The lowest BCUT2D eigenvalue weighted by Crippen LogP contribution is -2.43. The molecule has 0 radical (unpaired) electrons. The van der Waals surface area contributed by atoms with Crippen molar-refractivity contribution in [2.45, 2.75) is 136 Å². The van der Waals surface area contributed by atoms with Crippen molar-refractivity contribution >= 4 is 0 Å². The highest BCUT2D eigenvalue weighted by molar-refractivity contribution is 4.81. The van der Waals surface area contributed by atoms with Crippen LogP contribution in [-0.2, 0) is 0 Å². The fraction of sp³-hybridized carbons (Fsp3) is 1.00. The first-order valence-electron chi connectivity index (χ1n) is 12.1. The summed E-state index contributed by atoms with van der Waals surface area (Å²) in [6.45, 7) is 9.77. The van der Waals surface area contributed by atoms with Crippen molar-refractivity contribution in [3.8, 4) is 0 Å². The lowest BCUT2D eigenvalue weighted by Gasteiger charge is -2.39. The molecule has 1 unspecified atom stereocenters. The Balaban J connectivity index is 1.97. The number of hydrogen-bond acceptors (Lipinski definition) is 1. The van der Waals surface area contributed by atoms with Gasteiger partial charge in [0.2, 0.25) is 0 Å². The second kappa shape index (κ2) is 16.2. The molecule has 0 saturated heterocycles. The molecule has 0 heterocycles. The molecule has 1 nitrogen and oxygen atoms in total. The number of unbranched alkanes of at least 4 members (excludes halogenated alkanes) is 10. The second-order valence-corrected chi connectivity index (χ2v) is 8.68. The van der Waals surface area contributed by atoms with Crippen molar-refractivity contribution in [2.75, 3.05) is 13.1 Å². The van der Waals surface area contributed by atoms with Crippen LogP contribution < -0.4 is 0 Å². The molecule has 25 heavy (non-hydrogen) atoms. The quantitative estimate of drug-likeness (QED) is 0.226. The summed E-state index contributed by atoms with van der Waals surface area (Å²) in [4.78, 5) is 2.83. The van der Waals surface area contributed by atoms with Crippen molar-refractivity contribution in [3.63, 3.8) is 0 Å². The molecule has 0 spiro atoms. The van der Waals surface area contributed by atoms with E-state index in [0.717, 1.165) is 12.0 Å². The first-order chi connectivity index (χ1) is 12.3. The maximum atomic E-state index is 2.83. The van der Waals surface area contributed by atoms with Crippen molar-refractivity contribution in [3.05, 3.63) is 0 Å². The number of nitrogens with zero attached hydrogens (tertiary/aromatic N) is 1. The summed E-state index contributed by atoms with van der Waals surface area (Å²) in [5.74, 6) is 0.950. The molecule has 1 heteroatoms. The van der Waals surface area contributed by atoms with Gasteiger partial charge in [0.15, 0.2) is 0 Å². The topological polar surface area (TPSA) is 3.24 Å². The summed E-state index contributed by atoms with van der Waals surface area (Å²) in [6.07, 6.45) is 24.7. The Hall–Kier alpha value is -0.0400. The molecular formula is C24H49N. The Morgan fingerprint density at radius 3 is 1.72 bits per heavy atom. The number of hydrogen-bond donors (Lipinski definition) is 0. The van der Waals surface area contributed by atoms with E-state index in [2.05, 4.69) is 25.7 Å². The zero-order valence-electron chi connectivity index (χ0n) is 18.0. The SMILES string of the molecule is CCCCCCCCCCCCCC(CC)CN(CCC)C1CCC1. The molecule has 0 aliphatic heterocycles. The molecule has 1 aliphatic carbocycles. The zero-order chi connectivity index (χ0) is 18.2. The Bertz CT molecular complexity index is 271. The van der Waals surface area contributed by atoms with Gasteiger partial charge in [0, 0.05) is 12.6 Å². The first kappa shape index (κ1) is 23.0. The molecule has 1 aliphatic rings. The van der Waals surface area contributed by atoms with Crippen molar-refractivity contribution < 1.29 is 0 Å². The van der Waals surface area contributed by atoms with Crippen LogP contribution in [0, 0.1) is 5.92 Å². The van der Waals surface area contributed by atoms with E-state index in [4.69, 9.17) is 0 Å². The van der Waals surface area contributed by atoms with Gasteiger partial charge in [0.1, 0.15) is 0 Å². The van der Waals surface area contributed by atoms with Crippen LogP contribution >= 0.6 is 0 Å². The minimum atomic E-state index is 0.936. The molecule has 0 aromatic heterocycles. The third kappa shape index (κ3) is 11.3. The highest BCUT2D eigenvalue weighted by Gasteiger charge is 2.25. The summed E-state index contributed by atoms with van der Waals surface area (Å²) < 4.78 is 0. The molecule has 0 aromatic rings. The van der Waals surface area contributed by atoms with Crippen LogP contribution in [0.3, 0.4) is 0 Å². The summed E-state index contributed by atoms with van der Waals surface area (Å²) >= 11 is 0. The van der Waals surface area contributed by atoms with Gasteiger partial charge < -0.3 is 4.90 Å². The lowest BCUT2D eigenvalue weighted by atomic mass is 9.89. The average Bonchev–Trinajstić information content (AvgIpc) is 2.57. The highest BCUT2D eigenvalue weighted by atomic mass is 15.2. The van der Waals surface area contributed by atoms with Crippen LogP contribution in [0.5, 0.6) is 0 Å². The monoisotopic (exact) mass is 351 g/mol. The van der Waals surface area contributed by atoms with E-state index in [-0.39, 0.29) is 0 Å². The van der Waals surface area contributed by atoms with Crippen LogP contribution in [0.25, 0.3) is 0 Å². The smallest absolute Gasteiger partial charge is 0.00953 e. The van der Waals surface area contributed by atoms with Gasteiger partial charge in [-0.2, -0.15) is 0 Å². The van der Waals surface area contributed by atoms with Crippen LogP contribution in [-0.4, -0.2) is 24.0 Å². The second-order valence-electron chi connectivity index (χ2n) is 8.68. The van der Waals surface area contributed by atoms with Gasteiger partial charge in [0.25, 0.3) is 0 Å². The van der Waals surface area contributed by atoms with E-state index < -0.39 is 0 Å². The fourth-order valence-corrected chi connectivity index (χ4v) is 4.32. The first-order valence-corrected chi connectivity index (χ1v) is 12.1. The van der Waals surface area contributed by atoms with Crippen molar-refractivity contribution in [2.24, 2.45) is 5.92 Å². The summed E-state index contributed by atoms with van der Waals surface area (Å²) in [7, 11) is 0. The minimum absolute atomic E-state index is 0.936. The fourth-order valence-electron chi connectivity index (χ4n) is 4.32. The standard InChI is InChI=1S/C24H49N/c1-4-7-8-9-10-11-12-13-14-15-16-18-23(6-3)22-25(21-5-2)24-19-17-20-24/h23-24H,4-22H2,1-3H3. The molecule has 1 saturated carbocycles. The molecule has 1 atom stereocenters. The normalized spacial score (nSPS) is 16.3. The molecular weight excluding hydrogens is 302 g/mol. The van der Waals surface area contributed by atoms with Crippen molar-refractivity contribution in [1.29, 1.82) is 0 Å². The summed E-state index contributed by atoms with van der Waals surface area (Å²) in [6, 6.07) is 0.936. The van der Waals surface area contributed by atoms with Gasteiger partial charge in [-0.05, 0) is 38.1 Å². The van der Waals surface area contributed by atoms with E-state index in [0.29, 0.717) is 0 Å². The van der Waals surface area contributed by atoms with E-state index in [1.807, 2.05) is 0 Å². The van der Waals surface area contributed by atoms with E-state index in [1.165, 1.54) is 122 Å². The minimum Gasteiger partial charge on any atom is -0.300 e. The summed E-state index contributed by atoms with van der Waals surface area (Å²) in [5.41, 5.74) is 0. The number of rotatable bonds is 18. The third-order valence-electron chi connectivity index (χ3n) is 6.39. The van der Waals surface area contributed by atoms with Crippen LogP contribution in [0.15, 0.2) is 0 Å². The van der Waals surface area contributed by atoms with Crippen LogP contribution in [0.2, 0.25) is 0 Å². The van der Waals surface area contributed by atoms with Gasteiger partial charge in [0.05, 0.1) is 0 Å². The Kier molecular flexibility index (Phi) is 14.9. The lowest BCUT2D eigenvalue weighted by molar-refractivity contribution is 0.103. The van der Waals surface area contributed by atoms with Gasteiger partial charge in [-0.3, -0.25) is 0 Å². The van der Waals surface area contributed by atoms with E-state index in [1.54, 1.807) is 0 Å². The molecule has 0 amide bonds. The largest absolute Gasteiger partial charge is 0.300 e. The van der Waals surface area contributed by atoms with Crippen LogP contribution in [0.1, 0.15) is 130 Å². The molecule has 0 N–H and O–H groups in total. The molecule has 0 bridgehead atoms. The molecule has 150 valence electrons.